The summed E-state index contributed by atoms with van der Waals surface area (Å²) in [6, 6.07) is 8.99. The Labute approximate surface area is 130 Å². The van der Waals surface area contributed by atoms with Crippen LogP contribution in [0, 0.1) is 0 Å². The second-order valence-electron chi connectivity index (χ2n) is 4.54. The number of nitrogens with one attached hydrogen (secondary N) is 1. The van der Waals surface area contributed by atoms with Gasteiger partial charge in [-0.15, -0.1) is 0 Å². The third-order valence-corrected chi connectivity index (χ3v) is 2.84. The van der Waals surface area contributed by atoms with Crippen LogP contribution in [-0.4, -0.2) is 24.2 Å². The monoisotopic (exact) mass is 322 g/mol. The maximum absolute atomic E-state index is 12.1. The average molecular weight is 322 g/mol. The molecular formula is C16H13F3N2O2. The van der Waals surface area contributed by atoms with Gasteiger partial charge in [0, 0.05) is 17.7 Å². The van der Waals surface area contributed by atoms with E-state index < -0.39 is 6.18 Å². The quantitative estimate of drug-likeness (QED) is 0.928. The van der Waals surface area contributed by atoms with Gasteiger partial charge < -0.3 is 10.1 Å². The summed E-state index contributed by atoms with van der Waals surface area (Å²) in [6.07, 6.45) is -1.84. The molecule has 120 valence electrons. The highest BCUT2D eigenvalue weighted by atomic mass is 19.4. The summed E-state index contributed by atoms with van der Waals surface area (Å²) in [6.45, 7) is 0. The van der Waals surface area contributed by atoms with Gasteiger partial charge in [0.2, 0.25) is 5.88 Å². The molecule has 4 nitrogen and oxygen atoms in total. The number of carbonyl (C=O) groups is 1. The van der Waals surface area contributed by atoms with Crippen LogP contribution in [0.2, 0.25) is 0 Å². The van der Waals surface area contributed by atoms with Crippen LogP contribution in [0.5, 0.6) is 5.88 Å². The molecular weight excluding hydrogens is 309 g/mol. The SMILES string of the molecule is COc1ccc(NC(=O)c2ccc(C=CC(F)(F)F)cc2)cn1. The number of ether oxygens (including phenoxy) is 1. The molecule has 1 aromatic carbocycles. The normalized spacial score (nSPS) is 11.5. The van der Waals surface area contributed by atoms with Gasteiger partial charge in [0.1, 0.15) is 0 Å². The smallest absolute Gasteiger partial charge is 0.409 e. The van der Waals surface area contributed by atoms with E-state index in [2.05, 4.69) is 10.3 Å². The van der Waals surface area contributed by atoms with Crippen LogP contribution in [0.4, 0.5) is 18.9 Å². The number of alkyl halides is 3. The van der Waals surface area contributed by atoms with E-state index in [1.807, 2.05) is 0 Å². The summed E-state index contributed by atoms with van der Waals surface area (Å²) in [4.78, 5) is 16.0. The molecule has 1 N–H and O–H groups in total. The number of pyridine rings is 1. The Morgan fingerprint density at radius 1 is 1.17 bits per heavy atom. The largest absolute Gasteiger partial charge is 0.481 e. The van der Waals surface area contributed by atoms with E-state index in [4.69, 9.17) is 4.74 Å². The molecule has 1 heterocycles. The van der Waals surface area contributed by atoms with Crippen LogP contribution >= 0.6 is 0 Å². The number of halogens is 3. The second-order valence-corrected chi connectivity index (χ2v) is 4.54. The van der Waals surface area contributed by atoms with Crippen molar-refractivity contribution in [3.63, 3.8) is 0 Å². The van der Waals surface area contributed by atoms with Crippen LogP contribution < -0.4 is 10.1 Å². The Bertz CT molecular complexity index is 693. The van der Waals surface area contributed by atoms with Gasteiger partial charge in [0.05, 0.1) is 19.0 Å². The molecule has 2 aromatic rings. The minimum absolute atomic E-state index is 0.144. The molecule has 1 aromatic heterocycles. The van der Waals surface area contributed by atoms with Crippen LogP contribution in [-0.2, 0) is 0 Å². The van der Waals surface area contributed by atoms with Gasteiger partial charge in [0.25, 0.3) is 5.91 Å². The summed E-state index contributed by atoms with van der Waals surface area (Å²) in [5.74, 6) is 0.0344. The number of amides is 1. The molecule has 0 radical (unpaired) electrons. The van der Waals surface area contributed by atoms with Crippen molar-refractivity contribution in [2.75, 3.05) is 12.4 Å². The Kier molecular flexibility index (Phi) is 5.00. The van der Waals surface area contributed by atoms with E-state index in [1.165, 1.54) is 37.6 Å². The lowest BCUT2D eigenvalue weighted by molar-refractivity contribution is -0.0790. The first-order valence-corrected chi connectivity index (χ1v) is 6.55. The highest BCUT2D eigenvalue weighted by Crippen LogP contribution is 2.18. The summed E-state index contributed by atoms with van der Waals surface area (Å²) < 4.78 is 41.1. The maximum atomic E-state index is 12.1. The van der Waals surface area contributed by atoms with Crippen molar-refractivity contribution in [1.29, 1.82) is 0 Å². The molecule has 7 heteroatoms. The zero-order valence-corrected chi connectivity index (χ0v) is 12.1. The van der Waals surface area contributed by atoms with E-state index >= 15 is 0 Å². The topological polar surface area (TPSA) is 51.2 Å². The number of aromatic nitrogens is 1. The number of benzene rings is 1. The lowest BCUT2D eigenvalue weighted by Crippen LogP contribution is -2.11. The van der Waals surface area contributed by atoms with Crippen molar-refractivity contribution in [1.82, 2.24) is 4.98 Å². The number of hydrogen-bond donors (Lipinski definition) is 1. The number of methoxy groups -OCH3 is 1. The highest BCUT2D eigenvalue weighted by Gasteiger charge is 2.21. The molecule has 23 heavy (non-hydrogen) atoms. The molecule has 2 rings (SSSR count). The van der Waals surface area contributed by atoms with Crippen LogP contribution in [0.25, 0.3) is 6.08 Å². The van der Waals surface area contributed by atoms with E-state index in [0.717, 1.165) is 6.08 Å². The second kappa shape index (κ2) is 6.95. The average Bonchev–Trinajstić information content (AvgIpc) is 2.53. The van der Waals surface area contributed by atoms with Crippen molar-refractivity contribution in [3.05, 3.63) is 59.8 Å². The van der Waals surface area contributed by atoms with Gasteiger partial charge in [0.15, 0.2) is 0 Å². The molecule has 0 aliphatic heterocycles. The molecule has 0 atom stereocenters. The minimum atomic E-state index is -4.36. The van der Waals surface area contributed by atoms with Crippen molar-refractivity contribution in [2.45, 2.75) is 6.18 Å². The van der Waals surface area contributed by atoms with Crippen molar-refractivity contribution in [2.24, 2.45) is 0 Å². The zero-order chi connectivity index (χ0) is 16.9. The lowest BCUT2D eigenvalue weighted by atomic mass is 10.1. The molecule has 0 fully saturated rings. The molecule has 0 aliphatic carbocycles. The molecule has 0 saturated heterocycles. The van der Waals surface area contributed by atoms with Gasteiger partial charge >= 0.3 is 6.18 Å². The number of anilines is 1. The van der Waals surface area contributed by atoms with Gasteiger partial charge in [-0.1, -0.05) is 18.2 Å². The van der Waals surface area contributed by atoms with Crippen molar-refractivity contribution in [3.8, 4) is 5.88 Å². The molecule has 0 aliphatic rings. The fraction of sp³-hybridized carbons (Fsp3) is 0.125. The van der Waals surface area contributed by atoms with Gasteiger partial charge in [-0.25, -0.2) is 4.98 Å². The summed E-state index contributed by atoms with van der Waals surface area (Å²) >= 11 is 0. The molecule has 0 saturated carbocycles. The first-order chi connectivity index (χ1) is 10.9. The predicted molar refractivity (Wildman–Crippen MR) is 80.3 cm³/mol. The van der Waals surface area contributed by atoms with Crippen LogP contribution in [0.15, 0.2) is 48.7 Å². The third-order valence-electron chi connectivity index (χ3n) is 2.84. The van der Waals surface area contributed by atoms with Gasteiger partial charge in [-0.05, 0) is 23.8 Å². The van der Waals surface area contributed by atoms with Gasteiger partial charge in [-0.2, -0.15) is 13.2 Å². The predicted octanol–water partition coefficient (Wildman–Crippen LogP) is 3.92. The minimum Gasteiger partial charge on any atom is -0.481 e. The first kappa shape index (κ1) is 16.5. The van der Waals surface area contributed by atoms with Crippen LogP contribution in [0.1, 0.15) is 15.9 Å². The summed E-state index contributed by atoms with van der Waals surface area (Å²) in [5, 5.41) is 2.63. The fourth-order valence-electron chi connectivity index (χ4n) is 1.71. The Hall–Kier alpha value is -2.83. The van der Waals surface area contributed by atoms with E-state index in [-0.39, 0.29) is 12.0 Å². The number of allylic oxidation sites excluding steroid dienone is 1. The van der Waals surface area contributed by atoms with E-state index in [1.54, 1.807) is 12.1 Å². The summed E-state index contributed by atoms with van der Waals surface area (Å²) in [7, 11) is 1.48. The molecule has 1 amide bonds. The molecule has 0 spiro atoms. The van der Waals surface area contributed by atoms with Crippen molar-refractivity contribution >= 4 is 17.7 Å². The maximum Gasteiger partial charge on any atom is 0.409 e. The van der Waals surface area contributed by atoms with Crippen molar-refractivity contribution < 1.29 is 22.7 Å². The highest BCUT2D eigenvalue weighted by molar-refractivity contribution is 6.04. The molecule has 0 bridgehead atoms. The third kappa shape index (κ3) is 5.14. The first-order valence-electron chi connectivity index (χ1n) is 6.55. The Morgan fingerprint density at radius 3 is 2.39 bits per heavy atom. The summed E-state index contributed by atoms with van der Waals surface area (Å²) in [5.41, 5.74) is 1.16. The van der Waals surface area contributed by atoms with Crippen LogP contribution in [0.3, 0.4) is 0 Å². The van der Waals surface area contributed by atoms with E-state index in [9.17, 15) is 18.0 Å². The Morgan fingerprint density at radius 2 is 1.87 bits per heavy atom. The number of rotatable bonds is 4. The number of carbonyl (C=O) groups excluding carboxylic acids is 1. The molecule has 0 unspecified atom stereocenters. The zero-order valence-electron chi connectivity index (χ0n) is 12.1. The standard InChI is InChI=1S/C16H13F3N2O2/c1-23-14-7-6-13(10-20-14)21-15(22)12-4-2-11(3-5-12)8-9-16(17,18)19/h2-10H,1H3,(H,21,22). The Balaban J connectivity index is 2.03. The fourth-order valence-corrected chi connectivity index (χ4v) is 1.71. The number of nitrogens with zero attached hydrogens (tertiary/aromatic N) is 1. The lowest BCUT2D eigenvalue weighted by Gasteiger charge is -2.06. The van der Waals surface area contributed by atoms with E-state index in [0.29, 0.717) is 22.7 Å². The van der Waals surface area contributed by atoms with Gasteiger partial charge in [-0.3, -0.25) is 4.79 Å². The number of hydrogen-bond acceptors (Lipinski definition) is 3.